The molecule has 0 bridgehead atoms. The second-order valence-electron chi connectivity index (χ2n) is 11.5. The first-order valence-electron chi connectivity index (χ1n) is 12.6. The van der Waals surface area contributed by atoms with Gasteiger partial charge in [0.1, 0.15) is 0 Å². The fraction of sp³-hybridized carbons (Fsp3) is 0.923. The van der Waals surface area contributed by atoms with Crippen molar-refractivity contribution < 1.29 is 5.11 Å². The predicted molar refractivity (Wildman–Crippen MR) is 128 cm³/mol. The van der Waals surface area contributed by atoms with Crippen LogP contribution in [0.25, 0.3) is 0 Å². The van der Waals surface area contributed by atoms with E-state index in [4.69, 9.17) is 23.2 Å². The quantitative estimate of drug-likeness (QED) is 0.357. The Kier molecular flexibility index (Phi) is 7.21. The van der Waals surface area contributed by atoms with E-state index in [1.807, 2.05) is 0 Å². The van der Waals surface area contributed by atoms with Crippen molar-refractivity contribution >= 4 is 23.2 Å². The van der Waals surface area contributed by atoms with Crippen molar-refractivity contribution in [1.29, 1.82) is 0 Å². The van der Waals surface area contributed by atoms with Crippen LogP contribution in [0.3, 0.4) is 0 Å². The number of hydrogen-bond donors (Lipinski definition) is 1. The lowest BCUT2D eigenvalue weighted by molar-refractivity contribution is -0.0583. The molecule has 0 amide bonds. The van der Waals surface area contributed by atoms with Crippen LogP contribution in [0.1, 0.15) is 72.1 Å². The van der Waals surface area contributed by atoms with Gasteiger partial charge in [0.2, 0.25) is 0 Å². The smallest absolute Gasteiger partial charge is 0.0577 e. The van der Waals surface area contributed by atoms with E-state index in [-0.39, 0.29) is 6.10 Å². The highest BCUT2D eigenvalue weighted by Crippen LogP contribution is 2.67. The summed E-state index contributed by atoms with van der Waals surface area (Å²) in [6, 6.07) is 0. The minimum Gasteiger partial charge on any atom is -0.393 e. The average Bonchev–Trinajstić information content (AvgIpc) is 3.06. The number of fused-ring (bicyclic) bond motifs is 5. The number of rotatable bonds is 7. The molecule has 0 heterocycles. The number of halogens is 2. The first-order chi connectivity index (χ1) is 14.3. The van der Waals surface area contributed by atoms with Gasteiger partial charge in [0.05, 0.1) is 6.10 Å². The Bertz CT molecular complexity index is 633. The lowest BCUT2D eigenvalue weighted by Crippen LogP contribution is -2.51. The second-order valence-corrected chi connectivity index (χ2v) is 12.3. The van der Waals surface area contributed by atoms with Gasteiger partial charge in [-0.05, 0) is 91.8 Å². The molecule has 0 aliphatic heterocycles. The fourth-order valence-corrected chi connectivity index (χ4v) is 9.16. The van der Waals surface area contributed by atoms with Crippen LogP contribution in [0.15, 0.2) is 11.6 Å². The first-order valence-corrected chi connectivity index (χ1v) is 13.6. The Labute approximate surface area is 194 Å². The first kappa shape index (κ1) is 23.4. The third-order valence-corrected chi connectivity index (χ3v) is 10.5. The molecule has 0 radical (unpaired) electrons. The summed E-state index contributed by atoms with van der Waals surface area (Å²) in [6.07, 6.45) is 12.4. The Morgan fingerprint density at radius 3 is 2.50 bits per heavy atom. The van der Waals surface area contributed by atoms with E-state index < -0.39 is 0 Å². The third kappa shape index (κ3) is 4.02. The predicted octanol–water partition coefficient (Wildman–Crippen LogP) is 6.34. The van der Waals surface area contributed by atoms with E-state index in [9.17, 15) is 5.11 Å². The van der Waals surface area contributed by atoms with E-state index in [0.717, 1.165) is 56.1 Å². The Morgan fingerprint density at radius 2 is 1.80 bits per heavy atom. The summed E-state index contributed by atoms with van der Waals surface area (Å²) < 4.78 is 0. The number of nitrogens with zero attached hydrogens (tertiary/aromatic N) is 1. The van der Waals surface area contributed by atoms with Crippen molar-refractivity contribution in [3.8, 4) is 0 Å². The topological polar surface area (TPSA) is 23.5 Å². The summed E-state index contributed by atoms with van der Waals surface area (Å²) >= 11 is 12.1. The monoisotopic (exact) mass is 455 g/mol. The van der Waals surface area contributed by atoms with Crippen LogP contribution in [0.2, 0.25) is 0 Å². The number of alkyl halides is 2. The van der Waals surface area contributed by atoms with Crippen molar-refractivity contribution in [1.82, 2.24) is 4.90 Å². The molecule has 0 aromatic carbocycles. The van der Waals surface area contributed by atoms with Gasteiger partial charge in [0.15, 0.2) is 0 Å². The molecule has 3 saturated carbocycles. The average molecular weight is 457 g/mol. The number of aliphatic hydroxyl groups excluding tert-OH is 1. The third-order valence-electron chi connectivity index (χ3n) is 10.2. The molecule has 4 heteroatoms. The molecule has 0 aromatic rings. The zero-order valence-corrected chi connectivity index (χ0v) is 20.9. The van der Waals surface area contributed by atoms with Gasteiger partial charge >= 0.3 is 0 Å². The van der Waals surface area contributed by atoms with Crippen molar-refractivity contribution in [2.75, 3.05) is 31.4 Å². The molecule has 0 aromatic heterocycles. The van der Waals surface area contributed by atoms with Crippen LogP contribution in [0, 0.1) is 40.4 Å². The SMILES string of the molecule is CC(CN(CCCl)CCCl)[C@H]1CC[C@H]2[C@@H]3CC=C4C[C@@H](O)CC[C@]4(C)[C@H]3CC[C@]12C. The molecular weight excluding hydrogens is 413 g/mol. The van der Waals surface area contributed by atoms with Crippen molar-refractivity contribution in [3.05, 3.63) is 11.6 Å². The van der Waals surface area contributed by atoms with Crippen LogP contribution in [-0.2, 0) is 0 Å². The van der Waals surface area contributed by atoms with Gasteiger partial charge < -0.3 is 10.0 Å². The van der Waals surface area contributed by atoms with E-state index >= 15 is 0 Å². The standard InChI is InChI=1S/C26H43Cl2NO/c1-18(17-29(14-12-27)15-13-28)22-6-7-23-21-5-4-19-16-20(30)8-10-25(19,2)24(21)9-11-26(22,23)3/h4,18,20-24,30H,5-17H2,1-3H3/t18?,20-,21-,22+,23-,24-,25-,26+/m0/s1. The highest BCUT2D eigenvalue weighted by Gasteiger charge is 2.59. The van der Waals surface area contributed by atoms with Gasteiger partial charge in [-0.2, -0.15) is 0 Å². The van der Waals surface area contributed by atoms with E-state index in [1.54, 1.807) is 5.57 Å². The largest absolute Gasteiger partial charge is 0.393 e. The van der Waals surface area contributed by atoms with Gasteiger partial charge in [-0.15, -0.1) is 23.2 Å². The molecule has 2 nitrogen and oxygen atoms in total. The lowest BCUT2D eigenvalue weighted by atomic mass is 9.47. The number of aliphatic hydroxyl groups is 1. The molecular formula is C26H43Cl2NO. The van der Waals surface area contributed by atoms with Crippen molar-refractivity contribution in [3.63, 3.8) is 0 Å². The van der Waals surface area contributed by atoms with Crippen LogP contribution in [-0.4, -0.2) is 47.5 Å². The second kappa shape index (κ2) is 9.24. The Morgan fingerprint density at radius 1 is 1.07 bits per heavy atom. The van der Waals surface area contributed by atoms with Gasteiger partial charge in [0, 0.05) is 31.4 Å². The summed E-state index contributed by atoms with van der Waals surface area (Å²) in [4.78, 5) is 2.48. The van der Waals surface area contributed by atoms with Gasteiger partial charge in [0.25, 0.3) is 0 Å². The summed E-state index contributed by atoms with van der Waals surface area (Å²) in [5, 5.41) is 10.2. The molecule has 172 valence electrons. The maximum atomic E-state index is 10.2. The molecule has 3 fully saturated rings. The molecule has 1 unspecified atom stereocenters. The maximum Gasteiger partial charge on any atom is 0.0577 e. The highest BCUT2D eigenvalue weighted by molar-refractivity contribution is 6.18. The summed E-state index contributed by atoms with van der Waals surface area (Å²) in [5.41, 5.74) is 2.43. The molecule has 4 aliphatic carbocycles. The number of allylic oxidation sites excluding steroid dienone is 1. The molecule has 8 atom stereocenters. The van der Waals surface area contributed by atoms with Crippen molar-refractivity contribution in [2.24, 2.45) is 40.4 Å². The molecule has 30 heavy (non-hydrogen) atoms. The fourth-order valence-electron chi connectivity index (χ4n) is 8.68. The zero-order valence-electron chi connectivity index (χ0n) is 19.4. The number of hydrogen-bond acceptors (Lipinski definition) is 2. The molecule has 1 N–H and O–H groups in total. The van der Waals surface area contributed by atoms with Gasteiger partial charge in [-0.25, -0.2) is 0 Å². The molecule has 0 spiro atoms. The minimum atomic E-state index is -0.102. The van der Waals surface area contributed by atoms with Crippen molar-refractivity contribution in [2.45, 2.75) is 78.2 Å². The van der Waals surface area contributed by atoms with Crippen LogP contribution >= 0.6 is 23.2 Å². The Balaban J connectivity index is 1.50. The van der Waals surface area contributed by atoms with Crippen LogP contribution < -0.4 is 0 Å². The summed E-state index contributed by atoms with van der Waals surface area (Å²) in [5.74, 6) is 5.48. The highest BCUT2D eigenvalue weighted by atomic mass is 35.5. The minimum absolute atomic E-state index is 0.102. The summed E-state index contributed by atoms with van der Waals surface area (Å²) in [7, 11) is 0. The van der Waals surface area contributed by atoms with Crippen LogP contribution in [0.4, 0.5) is 0 Å². The maximum absolute atomic E-state index is 10.2. The van der Waals surface area contributed by atoms with E-state index in [0.29, 0.717) is 28.5 Å². The summed E-state index contributed by atoms with van der Waals surface area (Å²) in [6.45, 7) is 10.7. The molecule has 4 aliphatic rings. The molecule has 4 rings (SSSR count). The zero-order chi connectivity index (χ0) is 21.5. The van der Waals surface area contributed by atoms with Gasteiger partial charge in [-0.3, -0.25) is 0 Å². The van der Waals surface area contributed by atoms with E-state index in [2.05, 4.69) is 31.7 Å². The Hall–Kier alpha value is 0.240. The lowest BCUT2D eigenvalue weighted by Gasteiger charge is -2.58. The van der Waals surface area contributed by atoms with E-state index in [1.165, 1.54) is 38.5 Å². The normalized spacial score (nSPS) is 44.2. The molecule has 0 saturated heterocycles. The van der Waals surface area contributed by atoms with Gasteiger partial charge in [-0.1, -0.05) is 32.4 Å². The van der Waals surface area contributed by atoms with Crippen LogP contribution in [0.5, 0.6) is 0 Å².